The van der Waals surface area contributed by atoms with Gasteiger partial charge in [0.2, 0.25) is 5.91 Å². The second-order valence-electron chi connectivity index (χ2n) is 9.86. The first-order valence-corrected chi connectivity index (χ1v) is 12.9. The van der Waals surface area contributed by atoms with Crippen LogP contribution in [0.5, 0.6) is 0 Å². The summed E-state index contributed by atoms with van der Waals surface area (Å²) >= 11 is 6.55. The van der Waals surface area contributed by atoms with Crippen molar-refractivity contribution in [2.75, 3.05) is 17.3 Å². The molecule has 0 spiro atoms. The zero-order valence-corrected chi connectivity index (χ0v) is 21.7. The summed E-state index contributed by atoms with van der Waals surface area (Å²) in [6.45, 7) is 4.92. The number of aliphatic imine (C=N–C) groups is 1. The second-order valence-corrected chi connectivity index (χ2v) is 10.3. The Hall–Kier alpha value is -3.23. The highest BCUT2D eigenvalue weighted by molar-refractivity contribution is 6.34. The molecule has 188 valence electrons. The number of nitrogens with zero attached hydrogens (tertiary/aromatic N) is 5. The number of hydrogen-bond acceptors (Lipinski definition) is 6. The zero-order valence-electron chi connectivity index (χ0n) is 21.0. The molecule has 8 nitrogen and oxygen atoms in total. The lowest BCUT2D eigenvalue weighted by Gasteiger charge is -2.25. The molecule has 0 radical (unpaired) electrons. The molecule has 2 heterocycles. The summed E-state index contributed by atoms with van der Waals surface area (Å²) in [4.78, 5) is 19.8. The molecule has 2 aliphatic rings. The average molecular weight is 506 g/mol. The van der Waals surface area contributed by atoms with Crippen LogP contribution in [-0.4, -0.2) is 45.7 Å². The summed E-state index contributed by atoms with van der Waals surface area (Å²) < 4.78 is 1.85. The van der Waals surface area contributed by atoms with E-state index >= 15 is 0 Å². The van der Waals surface area contributed by atoms with Crippen LogP contribution < -0.4 is 15.5 Å². The zero-order chi connectivity index (χ0) is 25.2. The normalized spacial score (nSPS) is 16.0. The molecule has 1 amide bonds. The monoisotopic (exact) mass is 505 g/mol. The third-order valence-corrected chi connectivity index (χ3v) is 7.35. The summed E-state index contributed by atoms with van der Waals surface area (Å²) in [6.07, 6.45) is 6.99. The van der Waals surface area contributed by atoms with E-state index in [0.717, 1.165) is 22.6 Å². The fourth-order valence-corrected chi connectivity index (χ4v) is 5.08. The Bertz CT molecular complexity index is 1290. The van der Waals surface area contributed by atoms with Gasteiger partial charge >= 0.3 is 0 Å². The Balaban J connectivity index is 1.47. The van der Waals surface area contributed by atoms with Crippen molar-refractivity contribution in [3.05, 3.63) is 58.9 Å². The van der Waals surface area contributed by atoms with Gasteiger partial charge in [0.15, 0.2) is 0 Å². The van der Waals surface area contributed by atoms with Crippen molar-refractivity contribution >= 4 is 40.3 Å². The minimum absolute atomic E-state index is 0.124. The van der Waals surface area contributed by atoms with Gasteiger partial charge in [0, 0.05) is 25.7 Å². The molecule has 0 saturated heterocycles. The lowest BCUT2D eigenvalue weighted by molar-refractivity contribution is -0.115. The van der Waals surface area contributed by atoms with Gasteiger partial charge in [-0.3, -0.25) is 9.79 Å². The van der Waals surface area contributed by atoms with Crippen molar-refractivity contribution in [3.8, 4) is 5.69 Å². The van der Waals surface area contributed by atoms with Gasteiger partial charge in [-0.2, -0.15) is 0 Å². The highest BCUT2D eigenvalue weighted by Gasteiger charge is 2.21. The van der Waals surface area contributed by atoms with Crippen LogP contribution in [0.3, 0.4) is 0 Å². The van der Waals surface area contributed by atoms with Gasteiger partial charge in [-0.1, -0.05) is 41.8 Å². The molecule has 3 aromatic rings. The number of fused-ring (bicyclic) bond motifs is 1. The molecule has 1 saturated carbocycles. The van der Waals surface area contributed by atoms with Gasteiger partial charge in [-0.05, 0) is 56.5 Å². The Morgan fingerprint density at radius 3 is 2.81 bits per heavy atom. The number of benzene rings is 2. The summed E-state index contributed by atoms with van der Waals surface area (Å²) in [6, 6.07) is 12.5. The van der Waals surface area contributed by atoms with Crippen molar-refractivity contribution in [1.29, 1.82) is 0 Å². The molecule has 5 rings (SSSR count). The predicted molar refractivity (Wildman–Crippen MR) is 145 cm³/mol. The smallest absolute Gasteiger partial charge is 0.230 e. The Morgan fingerprint density at radius 1 is 1.22 bits per heavy atom. The van der Waals surface area contributed by atoms with Gasteiger partial charge in [-0.15, -0.1) is 5.10 Å². The summed E-state index contributed by atoms with van der Waals surface area (Å²) in [5.74, 6) is -0.124. The number of anilines is 2. The molecule has 0 atom stereocenters. The van der Waals surface area contributed by atoms with E-state index in [1.54, 1.807) is 12.3 Å². The van der Waals surface area contributed by atoms with Crippen molar-refractivity contribution in [2.45, 2.75) is 64.6 Å². The minimum atomic E-state index is -0.124. The number of carbonyl (C=O) groups excluding carboxylic acids is 1. The van der Waals surface area contributed by atoms with Crippen LogP contribution in [-0.2, 0) is 11.3 Å². The highest BCUT2D eigenvalue weighted by atomic mass is 35.5. The quantitative estimate of drug-likeness (QED) is 0.457. The maximum Gasteiger partial charge on any atom is 0.230 e. The number of amides is 1. The summed E-state index contributed by atoms with van der Waals surface area (Å²) in [7, 11) is 2.00. The van der Waals surface area contributed by atoms with E-state index in [1.165, 1.54) is 25.7 Å². The molecule has 1 aromatic heterocycles. The molecule has 0 unspecified atom stereocenters. The van der Waals surface area contributed by atoms with Gasteiger partial charge in [0.05, 0.1) is 51.8 Å². The summed E-state index contributed by atoms with van der Waals surface area (Å²) in [5.41, 5.74) is 5.64. The SMILES string of the molecule is CC(C)N(C)c1cc2c(cc1Cl)NC(=O)CC(c1cccc(-n3nncc3CNC3CCCC3)c1)=N2. The van der Waals surface area contributed by atoms with Crippen molar-refractivity contribution in [1.82, 2.24) is 20.3 Å². The lowest BCUT2D eigenvalue weighted by atomic mass is 10.1. The Kier molecular flexibility index (Phi) is 7.07. The first kappa shape index (κ1) is 24.5. The van der Waals surface area contributed by atoms with Crippen molar-refractivity contribution in [3.63, 3.8) is 0 Å². The second kappa shape index (κ2) is 10.4. The van der Waals surface area contributed by atoms with E-state index in [0.29, 0.717) is 34.7 Å². The number of halogens is 1. The molecule has 36 heavy (non-hydrogen) atoms. The Morgan fingerprint density at radius 2 is 2.03 bits per heavy atom. The van der Waals surface area contributed by atoms with E-state index in [-0.39, 0.29) is 18.4 Å². The average Bonchev–Trinajstić information content (AvgIpc) is 3.52. The first-order valence-electron chi connectivity index (χ1n) is 12.6. The molecular weight excluding hydrogens is 474 g/mol. The number of aromatic nitrogens is 3. The van der Waals surface area contributed by atoms with Gasteiger partial charge in [0.1, 0.15) is 0 Å². The third kappa shape index (κ3) is 5.15. The standard InChI is InChI=1S/C27H32ClN7O/c1-17(2)34(3)26-13-25-24(12-22(26)28)32-27(36)14-23(31-25)18-7-6-10-20(11-18)35-21(16-30-33-35)15-29-19-8-4-5-9-19/h6-7,10-13,16-17,19,29H,4-5,8-9,14-15H2,1-3H3,(H,32,36). The fraction of sp³-hybridized carbons (Fsp3) is 0.407. The molecule has 2 aromatic carbocycles. The van der Waals surface area contributed by atoms with E-state index in [1.807, 2.05) is 42.1 Å². The van der Waals surface area contributed by atoms with Crippen molar-refractivity contribution in [2.24, 2.45) is 4.99 Å². The molecule has 1 aliphatic heterocycles. The molecule has 2 N–H and O–H groups in total. The molecule has 1 fully saturated rings. The molecular formula is C27H32ClN7O. The molecule has 1 aliphatic carbocycles. The molecule has 0 bridgehead atoms. The predicted octanol–water partition coefficient (Wildman–Crippen LogP) is 5.26. The van der Waals surface area contributed by atoms with Crippen LogP contribution in [0.15, 0.2) is 47.6 Å². The minimum Gasteiger partial charge on any atom is -0.371 e. The lowest BCUT2D eigenvalue weighted by Crippen LogP contribution is -2.26. The van der Waals surface area contributed by atoms with Crippen LogP contribution >= 0.6 is 11.6 Å². The first-order chi connectivity index (χ1) is 17.4. The van der Waals surface area contributed by atoms with Crippen LogP contribution in [0.1, 0.15) is 57.2 Å². The highest BCUT2D eigenvalue weighted by Crippen LogP contribution is 2.39. The van der Waals surface area contributed by atoms with E-state index in [2.05, 4.69) is 39.7 Å². The number of carbonyl (C=O) groups is 1. The topological polar surface area (TPSA) is 87.4 Å². The Labute approximate surface area is 216 Å². The number of hydrogen-bond donors (Lipinski definition) is 2. The van der Waals surface area contributed by atoms with Crippen LogP contribution in [0, 0.1) is 0 Å². The van der Waals surface area contributed by atoms with Crippen LogP contribution in [0.2, 0.25) is 5.02 Å². The van der Waals surface area contributed by atoms with Gasteiger partial charge < -0.3 is 15.5 Å². The van der Waals surface area contributed by atoms with Gasteiger partial charge in [0.25, 0.3) is 0 Å². The van der Waals surface area contributed by atoms with Gasteiger partial charge in [-0.25, -0.2) is 4.68 Å². The third-order valence-electron chi connectivity index (χ3n) is 7.05. The molecule has 9 heteroatoms. The maximum atomic E-state index is 12.8. The largest absolute Gasteiger partial charge is 0.371 e. The van der Waals surface area contributed by atoms with Crippen LogP contribution in [0.4, 0.5) is 17.1 Å². The van der Waals surface area contributed by atoms with E-state index in [9.17, 15) is 4.79 Å². The van der Waals surface area contributed by atoms with E-state index in [4.69, 9.17) is 16.6 Å². The maximum absolute atomic E-state index is 12.8. The fourth-order valence-electron chi connectivity index (χ4n) is 4.78. The summed E-state index contributed by atoms with van der Waals surface area (Å²) in [5, 5.41) is 15.7. The van der Waals surface area contributed by atoms with Crippen molar-refractivity contribution < 1.29 is 4.79 Å². The number of nitrogens with one attached hydrogen (secondary N) is 2. The number of rotatable bonds is 7. The van der Waals surface area contributed by atoms with Crippen LogP contribution in [0.25, 0.3) is 5.69 Å². The van der Waals surface area contributed by atoms with E-state index < -0.39 is 0 Å².